The largest absolute Gasteiger partial charge is 0.398 e. The fraction of sp³-hybridized carbons (Fsp3) is 0.188. The van der Waals surface area contributed by atoms with Gasteiger partial charge in [-0.1, -0.05) is 42.8 Å². The number of nitrogen functional groups attached to an aromatic ring is 1. The Labute approximate surface area is 107 Å². The Hall–Kier alpha value is -2.09. The van der Waals surface area contributed by atoms with Crippen LogP contribution in [0.4, 0.5) is 5.69 Å². The third-order valence-corrected chi connectivity index (χ3v) is 3.10. The monoisotopic (exact) mass is 239 g/mol. The first-order valence-corrected chi connectivity index (χ1v) is 6.12. The van der Waals surface area contributed by atoms with Gasteiger partial charge in [0.2, 0.25) is 0 Å². The summed E-state index contributed by atoms with van der Waals surface area (Å²) in [7, 11) is 0. The van der Waals surface area contributed by atoms with E-state index in [2.05, 4.69) is 0 Å². The number of carbonyl (C=O) groups is 1. The molecule has 92 valence electrons. The predicted octanol–water partition coefficient (Wildman–Crippen LogP) is 3.37. The summed E-state index contributed by atoms with van der Waals surface area (Å²) in [6.45, 7) is 4.01. The number of anilines is 1. The Bertz CT molecular complexity index is 587. The van der Waals surface area contributed by atoms with Crippen molar-refractivity contribution < 1.29 is 4.79 Å². The molecule has 0 unspecified atom stereocenters. The summed E-state index contributed by atoms with van der Waals surface area (Å²) >= 11 is 0. The first kappa shape index (κ1) is 12.4. The van der Waals surface area contributed by atoms with Crippen LogP contribution < -0.4 is 5.73 Å². The lowest BCUT2D eigenvalue weighted by atomic mass is 9.97. The van der Waals surface area contributed by atoms with E-state index in [1.54, 1.807) is 6.07 Å². The molecule has 0 atom stereocenters. The Morgan fingerprint density at radius 2 is 1.89 bits per heavy atom. The summed E-state index contributed by atoms with van der Waals surface area (Å²) in [5, 5.41) is 0. The summed E-state index contributed by atoms with van der Waals surface area (Å²) in [6, 6.07) is 13.2. The Balaban J connectivity index is 2.46. The molecule has 18 heavy (non-hydrogen) atoms. The van der Waals surface area contributed by atoms with Crippen molar-refractivity contribution in [2.45, 2.75) is 20.3 Å². The van der Waals surface area contributed by atoms with E-state index in [1.165, 1.54) is 0 Å². The molecule has 0 saturated carbocycles. The van der Waals surface area contributed by atoms with Gasteiger partial charge in [0, 0.05) is 16.8 Å². The lowest BCUT2D eigenvalue weighted by Gasteiger charge is -2.09. The van der Waals surface area contributed by atoms with Crippen molar-refractivity contribution >= 4 is 11.5 Å². The Morgan fingerprint density at radius 3 is 2.56 bits per heavy atom. The molecule has 0 aliphatic heterocycles. The maximum Gasteiger partial charge on any atom is 0.195 e. The molecule has 2 aromatic carbocycles. The average Bonchev–Trinajstić information content (AvgIpc) is 2.38. The quantitative estimate of drug-likeness (QED) is 0.659. The number of carbonyl (C=O) groups excluding carboxylic acids is 1. The first-order valence-electron chi connectivity index (χ1n) is 6.12. The third kappa shape index (κ3) is 2.28. The zero-order valence-corrected chi connectivity index (χ0v) is 10.7. The second-order valence-electron chi connectivity index (χ2n) is 4.43. The molecule has 0 bridgehead atoms. The van der Waals surface area contributed by atoms with Crippen molar-refractivity contribution in [1.29, 1.82) is 0 Å². The molecular weight excluding hydrogens is 222 g/mol. The zero-order valence-electron chi connectivity index (χ0n) is 10.7. The molecule has 2 aromatic rings. The van der Waals surface area contributed by atoms with Crippen LogP contribution in [-0.4, -0.2) is 5.78 Å². The Kier molecular flexibility index (Phi) is 3.47. The highest BCUT2D eigenvalue weighted by Gasteiger charge is 2.13. The standard InChI is InChI=1S/C16H17NO/c1-3-12-7-5-9-14(15(12)17)16(18)13-8-4-6-11(2)10-13/h4-10H,3,17H2,1-2H3. The van der Waals surface area contributed by atoms with Crippen LogP contribution in [0, 0.1) is 6.92 Å². The number of para-hydroxylation sites is 1. The van der Waals surface area contributed by atoms with Crippen molar-refractivity contribution in [3.63, 3.8) is 0 Å². The van der Waals surface area contributed by atoms with Gasteiger partial charge in [0.05, 0.1) is 0 Å². The Morgan fingerprint density at radius 1 is 1.17 bits per heavy atom. The number of hydrogen-bond donors (Lipinski definition) is 1. The van der Waals surface area contributed by atoms with Crippen LogP contribution in [0.3, 0.4) is 0 Å². The minimum absolute atomic E-state index is 0.00787. The van der Waals surface area contributed by atoms with Crippen LogP contribution in [0.15, 0.2) is 42.5 Å². The summed E-state index contributed by atoms with van der Waals surface area (Å²) < 4.78 is 0. The van der Waals surface area contributed by atoms with Gasteiger partial charge in [0.15, 0.2) is 5.78 Å². The molecule has 0 fully saturated rings. The van der Waals surface area contributed by atoms with E-state index in [0.29, 0.717) is 16.8 Å². The van der Waals surface area contributed by atoms with Gasteiger partial charge in [-0.25, -0.2) is 0 Å². The van der Waals surface area contributed by atoms with Crippen LogP contribution in [-0.2, 0) is 6.42 Å². The molecule has 0 radical (unpaired) electrons. The lowest BCUT2D eigenvalue weighted by molar-refractivity contribution is 0.103. The van der Waals surface area contributed by atoms with Crippen molar-refractivity contribution in [3.8, 4) is 0 Å². The third-order valence-electron chi connectivity index (χ3n) is 3.10. The van der Waals surface area contributed by atoms with Crippen LogP contribution in [0.1, 0.15) is 34.0 Å². The van der Waals surface area contributed by atoms with Gasteiger partial charge in [-0.3, -0.25) is 4.79 Å². The lowest BCUT2D eigenvalue weighted by Crippen LogP contribution is -2.07. The van der Waals surface area contributed by atoms with E-state index in [9.17, 15) is 4.79 Å². The molecule has 0 aliphatic rings. The maximum atomic E-state index is 12.4. The smallest absolute Gasteiger partial charge is 0.195 e. The van der Waals surface area contributed by atoms with E-state index >= 15 is 0 Å². The molecule has 0 spiro atoms. The number of hydrogen-bond acceptors (Lipinski definition) is 2. The molecule has 2 N–H and O–H groups in total. The van der Waals surface area contributed by atoms with E-state index in [0.717, 1.165) is 17.5 Å². The summed E-state index contributed by atoms with van der Waals surface area (Å²) in [4.78, 5) is 12.4. The number of aryl methyl sites for hydroxylation is 2. The molecule has 0 saturated heterocycles. The van der Waals surface area contributed by atoms with E-state index < -0.39 is 0 Å². The zero-order chi connectivity index (χ0) is 13.1. The molecule has 0 aliphatic carbocycles. The molecule has 2 heteroatoms. The summed E-state index contributed by atoms with van der Waals surface area (Å²) in [5.41, 5.74) is 10.0. The van der Waals surface area contributed by atoms with Crippen molar-refractivity contribution in [3.05, 3.63) is 64.7 Å². The van der Waals surface area contributed by atoms with Crippen LogP contribution in [0.2, 0.25) is 0 Å². The van der Waals surface area contributed by atoms with Gasteiger partial charge in [0.25, 0.3) is 0 Å². The number of benzene rings is 2. The average molecular weight is 239 g/mol. The van der Waals surface area contributed by atoms with Crippen LogP contribution in [0.25, 0.3) is 0 Å². The minimum Gasteiger partial charge on any atom is -0.398 e. The van der Waals surface area contributed by atoms with Crippen LogP contribution >= 0.6 is 0 Å². The van der Waals surface area contributed by atoms with Crippen molar-refractivity contribution in [1.82, 2.24) is 0 Å². The van der Waals surface area contributed by atoms with Gasteiger partial charge >= 0.3 is 0 Å². The fourth-order valence-corrected chi connectivity index (χ4v) is 2.06. The van der Waals surface area contributed by atoms with Gasteiger partial charge in [0.1, 0.15) is 0 Å². The normalized spacial score (nSPS) is 10.3. The van der Waals surface area contributed by atoms with Crippen molar-refractivity contribution in [2.24, 2.45) is 0 Å². The molecule has 0 heterocycles. The van der Waals surface area contributed by atoms with Gasteiger partial charge in [-0.05, 0) is 31.0 Å². The summed E-state index contributed by atoms with van der Waals surface area (Å²) in [5.74, 6) is -0.00787. The highest BCUT2D eigenvalue weighted by molar-refractivity contribution is 6.12. The topological polar surface area (TPSA) is 43.1 Å². The highest BCUT2D eigenvalue weighted by atomic mass is 16.1. The van der Waals surface area contributed by atoms with Gasteiger partial charge < -0.3 is 5.73 Å². The number of nitrogens with two attached hydrogens (primary N) is 1. The van der Waals surface area contributed by atoms with Crippen LogP contribution in [0.5, 0.6) is 0 Å². The minimum atomic E-state index is -0.00787. The summed E-state index contributed by atoms with van der Waals surface area (Å²) in [6.07, 6.45) is 0.834. The van der Waals surface area contributed by atoms with E-state index in [1.807, 2.05) is 50.2 Å². The molecule has 2 rings (SSSR count). The predicted molar refractivity (Wildman–Crippen MR) is 74.8 cm³/mol. The molecular formula is C16H17NO. The molecule has 2 nitrogen and oxygen atoms in total. The van der Waals surface area contributed by atoms with Crippen molar-refractivity contribution in [2.75, 3.05) is 5.73 Å². The second kappa shape index (κ2) is 5.05. The number of rotatable bonds is 3. The molecule has 0 amide bonds. The SMILES string of the molecule is CCc1cccc(C(=O)c2cccc(C)c2)c1N. The maximum absolute atomic E-state index is 12.4. The van der Waals surface area contributed by atoms with E-state index in [4.69, 9.17) is 5.73 Å². The van der Waals surface area contributed by atoms with Gasteiger partial charge in [-0.2, -0.15) is 0 Å². The highest BCUT2D eigenvalue weighted by Crippen LogP contribution is 2.21. The molecule has 0 aromatic heterocycles. The first-order chi connectivity index (χ1) is 8.63. The fourth-order valence-electron chi connectivity index (χ4n) is 2.06. The number of ketones is 1. The van der Waals surface area contributed by atoms with Gasteiger partial charge in [-0.15, -0.1) is 0 Å². The van der Waals surface area contributed by atoms with E-state index in [-0.39, 0.29) is 5.78 Å². The second-order valence-corrected chi connectivity index (χ2v) is 4.43.